The summed E-state index contributed by atoms with van der Waals surface area (Å²) < 4.78 is 1.06. The highest BCUT2D eigenvalue weighted by Gasteiger charge is 2.07. The number of carboxylic acid groups (broad SMARTS) is 1. The highest BCUT2D eigenvalue weighted by atomic mass is 32.2. The van der Waals surface area contributed by atoms with E-state index in [1.54, 1.807) is 23.1 Å². The van der Waals surface area contributed by atoms with E-state index in [9.17, 15) is 4.79 Å². The second kappa shape index (κ2) is 5.36. The molecule has 1 N–H and O–H groups in total. The van der Waals surface area contributed by atoms with Gasteiger partial charge in [-0.25, -0.2) is 4.98 Å². The molecule has 0 aliphatic rings. The van der Waals surface area contributed by atoms with Crippen LogP contribution >= 0.6 is 23.1 Å². The number of hydrogen-bond donors (Lipinski definition) is 1. The van der Waals surface area contributed by atoms with Gasteiger partial charge in [0.05, 0.1) is 5.69 Å². The molecule has 0 unspecified atom stereocenters. The van der Waals surface area contributed by atoms with Crippen molar-refractivity contribution in [1.29, 1.82) is 0 Å². The Labute approximate surface area is 91.6 Å². The molecule has 0 radical (unpaired) electrons. The van der Waals surface area contributed by atoms with E-state index in [4.69, 9.17) is 5.11 Å². The Kier molecular flexibility index (Phi) is 4.41. The average molecular weight is 231 g/mol. The Morgan fingerprint density at radius 3 is 2.86 bits per heavy atom. The molecule has 1 rings (SSSR count). The molecule has 0 spiro atoms. The Morgan fingerprint density at radius 2 is 2.36 bits per heavy atom. The number of aliphatic carboxylic acids is 1. The van der Waals surface area contributed by atoms with Crippen LogP contribution < -0.4 is 0 Å². The van der Waals surface area contributed by atoms with Crippen LogP contribution in [0.25, 0.3) is 0 Å². The summed E-state index contributed by atoms with van der Waals surface area (Å²) in [5, 5.41) is 8.49. The smallest absolute Gasteiger partial charge is 0.303 e. The number of hydrogen-bond acceptors (Lipinski definition) is 4. The number of nitrogens with zero attached hydrogens (tertiary/aromatic N) is 1. The molecule has 0 fully saturated rings. The van der Waals surface area contributed by atoms with Gasteiger partial charge in [0.2, 0.25) is 0 Å². The van der Waals surface area contributed by atoms with Gasteiger partial charge in [-0.2, -0.15) is 0 Å². The Hall–Kier alpha value is -0.550. The first-order valence-corrected chi connectivity index (χ1v) is 6.39. The molecule has 0 atom stereocenters. The Morgan fingerprint density at radius 1 is 1.64 bits per heavy atom. The molecular formula is C9H13NO2S2. The fourth-order valence-electron chi connectivity index (χ4n) is 1.13. The molecule has 5 heteroatoms. The van der Waals surface area contributed by atoms with Crippen LogP contribution in [0.5, 0.6) is 0 Å². The fourth-order valence-corrected chi connectivity index (χ4v) is 2.72. The molecule has 14 heavy (non-hydrogen) atoms. The summed E-state index contributed by atoms with van der Waals surface area (Å²) in [5.74, 6) is -0.733. The fraction of sp³-hybridized carbons (Fsp3) is 0.556. The van der Waals surface area contributed by atoms with Gasteiger partial charge in [-0.3, -0.25) is 4.79 Å². The topological polar surface area (TPSA) is 50.2 Å². The molecule has 78 valence electrons. The molecule has 0 amide bonds. The van der Waals surface area contributed by atoms with Gasteiger partial charge >= 0.3 is 5.97 Å². The summed E-state index contributed by atoms with van der Waals surface area (Å²) in [6.45, 7) is 2.04. The lowest BCUT2D eigenvalue weighted by molar-refractivity contribution is -0.137. The first-order chi connectivity index (χ1) is 6.63. The summed E-state index contributed by atoms with van der Waals surface area (Å²) >= 11 is 3.31. The van der Waals surface area contributed by atoms with Crippen LogP contribution in [0, 0.1) is 6.92 Å². The lowest BCUT2D eigenvalue weighted by Gasteiger charge is -1.95. The molecule has 0 bridgehead atoms. The van der Waals surface area contributed by atoms with Crippen molar-refractivity contribution < 1.29 is 9.90 Å². The molecule has 0 aromatic carbocycles. The van der Waals surface area contributed by atoms with Crippen LogP contribution in [0.3, 0.4) is 0 Å². The monoisotopic (exact) mass is 231 g/mol. The number of rotatable bonds is 5. The van der Waals surface area contributed by atoms with Crippen molar-refractivity contribution in [3.8, 4) is 0 Å². The van der Waals surface area contributed by atoms with Crippen molar-refractivity contribution in [3.05, 3.63) is 10.6 Å². The average Bonchev–Trinajstić information content (AvgIpc) is 2.47. The highest BCUT2D eigenvalue weighted by Crippen LogP contribution is 2.25. The second-order valence-electron chi connectivity index (χ2n) is 2.93. The third-order valence-corrected chi connectivity index (χ3v) is 3.85. The molecule has 3 nitrogen and oxygen atoms in total. The summed E-state index contributed by atoms with van der Waals surface area (Å²) in [7, 11) is 0. The van der Waals surface area contributed by atoms with Crippen LogP contribution in [0.4, 0.5) is 0 Å². The van der Waals surface area contributed by atoms with Crippen molar-refractivity contribution >= 4 is 29.1 Å². The first-order valence-electron chi connectivity index (χ1n) is 4.35. The minimum absolute atomic E-state index is 0.228. The largest absolute Gasteiger partial charge is 0.481 e. The standard InChI is InChI=1S/C9H13NO2S2/c1-6-7(4-3-5-8(11)12)10-9(13-2)14-6/h3-5H2,1-2H3,(H,11,12). The summed E-state index contributed by atoms with van der Waals surface area (Å²) in [4.78, 5) is 15.9. The van der Waals surface area contributed by atoms with E-state index in [0.29, 0.717) is 6.42 Å². The van der Waals surface area contributed by atoms with Gasteiger partial charge in [0, 0.05) is 11.3 Å². The lowest BCUT2D eigenvalue weighted by atomic mass is 10.2. The van der Waals surface area contributed by atoms with Gasteiger partial charge in [0.15, 0.2) is 0 Å². The summed E-state index contributed by atoms with van der Waals surface area (Å²) in [6.07, 6.45) is 3.67. The number of aromatic nitrogens is 1. The molecular weight excluding hydrogens is 218 g/mol. The van der Waals surface area contributed by atoms with Crippen LogP contribution in [-0.2, 0) is 11.2 Å². The van der Waals surface area contributed by atoms with E-state index in [1.165, 1.54) is 4.88 Å². The van der Waals surface area contributed by atoms with Gasteiger partial charge in [0.25, 0.3) is 0 Å². The second-order valence-corrected chi connectivity index (χ2v) is 5.19. The van der Waals surface area contributed by atoms with Gasteiger partial charge < -0.3 is 5.11 Å². The van der Waals surface area contributed by atoms with Crippen molar-refractivity contribution in [1.82, 2.24) is 4.98 Å². The van der Waals surface area contributed by atoms with E-state index in [1.807, 2.05) is 13.2 Å². The number of aryl methyl sites for hydroxylation is 2. The van der Waals surface area contributed by atoms with Crippen LogP contribution in [0.15, 0.2) is 4.34 Å². The van der Waals surface area contributed by atoms with Crippen molar-refractivity contribution in [2.75, 3.05) is 6.26 Å². The Balaban J connectivity index is 2.49. The zero-order valence-electron chi connectivity index (χ0n) is 8.24. The first kappa shape index (κ1) is 11.5. The molecule has 1 heterocycles. The molecule has 0 aliphatic heterocycles. The van der Waals surface area contributed by atoms with Crippen LogP contribution in [-0.4, -0.2) is 22.3 Å². The van der Waals surface area contributed by atoms with Gasteiger partial charge in [0.1, 0.15) is 4.34 Å². The molecule has 1 aromatic heterocycles. The molecule has 0 saturated heterocycles. The van der Waals surface area contributed by atoms with Crippen molar-refractivity contribution in [2.45, 2.75) is 30.5 Å². The number of carbonyl (C=O) groups is 1. The van der Waals surface area contributed by atoms with Crippen molar-refractivity contribution in [2.24, 2.45) is 0 Å². The predicted molar refractivity (Wildman–Crippen MR) is 59.2 cm³/mol. The minimum Gasteiger partial charge on any atom is -0.481 e. The van der Waals surface area contributed by atoms with Gasteiger partial charge in [-0.15, -0.1) is 11.3 Å². The normalized spacial score (nSPS) is 10.4. The van der Waals surface area contributed by atoms with E-state index >= 15 is 0 Å². The quantitative estimate of drug-likeness (QED) is 0.791. The molecule has 0 saturated carbocycles. The number of thiazole rings is 1. The SMILES string of the molecule is CSc1nc(CCCC(=O)O)c(C)s1. The molecule has 0 aliphatic carbocycles. The summed E-state index contributed by atoms with van der Waals surface area (Å²) in [5.41, 5.74) is 1.06. The van der Waals surface area contributed by atoms with E-state index < -0.39 is 5.97 Å². The van der Waals surface area contributed by atoms with Crippen LogP contribution in [0.2, 0.25) is 0 Å². The van der Waals surface area contributed by atoms with E-state index in [-0.39, 0.29) is 6.42 Å². The maximum absolute atomic E-state index is 10.3. The molecule has 1 aromatic rings. The maximum Gasteiger partial charge on any atom is 0.303 e. The predicted octanol–water partition coefficient (Wildman–Crippen LogP) is 2.58. The van der Waals surface area contributed by atoms with Crippen LogP contribution in [0.1, 0.15) is 23.4 Å². The van der Waals surface area contributed by atoms with E-state index in [2.05, 4.69) is 4.98 Å². The third-order valence-electron chi connectivity index (χ3n) is 1.85. The third kappa shape index (κ3) is 3.31. The highest BCUT2D eigenvalue weighted by molar-refractivity contribution is 8.00. The Bertz CT molecular complexity index is 323. The summed E-state index contributed by atoms with van der Waals surface area (Å²) in [6, 6.07) is 0. The number of carboxylic acids is 1. The van der Waals surface area contributed by atoms with E-state index in [0.717, 1.165) is 16.5 Å². The lowest BCUT2D eigenvalue weighted by Crippen LogP contribution is -1.96. The van der Waals surface area contributed by atoms with Gasteiger partial charge in [-0.05, 0) is 26.0 Å². The minimum atomic E-state index is -0.733. The van der Waals surface area contributed by atoms with Gasteiger partial charge in [-0.1, -0.05) is 11.8 Å². The number of thioether (sulfide) groups is 1. The zero-order valence-corrected chi connectivity index (χ0v) is 9.87. The maximum atomic E-state index is 10.3. The zero-order chi connectivity index (χ0) is 10.6. The van der Waals surface area contributed by atoms with Crippen molar-refractivity contribution in [3.63, 3.8) is 0 Å².